The molecule has 3 aromatic rings. The van der Waals surface area contributed by atoms with Gasteiger partial charge in [0.1, 0.15) is 5.82 Å². The Morgan fingerprint density at radius 1 is 1.19 bits per heavy atom. The largest absolute Gasteiger partial charge is 0.342 e. The second kappa shape index (κ2) is 7.95. The van der Waals surface area contributed by atoms with Crippen LogP contribution in [0.15, 0.2) is 53.4 Å². The maximum absolute atomic E-state index is 12.8. The van der Waals surface area contributed by atoms with Gasteiger partial charge in [-0.25, -0.2) is 4.98 Å². The van der Waals surface area contributed by atoms with Crippen LogP contribution in [0, 0.1) is 0 Å². The first-order chi connectivity index (χ1) is 13.1. The highest BCUT2D eigenvalue weighted by Gasteiger charge is 2.28. The maximum Gasteiger partial charge on any atom is 0.235 e. The summed E-state index contributed by atoms with van der Waals surface area (Å²) in [6, 6.07) is 15.8. The minimum atomic E-state index is -0.103. The molecule has 4 rings (SSSR count). The van der Waals surface area contributed by atoms with Crippen molar-refractivity contribution >= 4 is 40.3 Å². The van der Waals surface area contributed by atoms with Crippen LogP contribution in [0.2, 0.25) is 5.02 Å². The lowest BCUT2D eigenvalue weighted by Crippen LogP contribution is -2.41. The summed E-state index contributed by atoms with van der Waals surface area (Å²) < 4.78 is 0. The highest BCUT2D eigenvalue weighted by molar-refractivity contribution is 8.00. The molecular formula is C21H22ClN3OS. The molecule has 0 radical (unpaired) electrons. The van der Waals surface area contributed by atoms with Gasteiger partial charge in [0.25, 0.3) is 0 Å². The Morgan fingerprint density at radius 2 is 1.89 bits per heavy atom. The van der Waals surface area contributed by atoms with Crippen LogP contribution in [0.4, 0.5) is 0 Å². The number of H-pyrrole nitrogens is 1. The van der Waals surface area contributed by atoms with Crippen molar-refractivity contribution in [2.45, 2.75) is 35.8 Å². The Morgan fingerprint density at radius 3 is 2.59 bits per heavy atom. The first kappa shape index (κ1) is 18.4. The van der Waals surface area contributed by atoms with E-state index in [1.165, 1.54) is 0 Å². The molecule has 0 aliphatic carbocycles. The molecule has 1 atom stereocenters. The summed E-state index contributed by atoms with van der Waals surface area (Å²) >= 11 is 7.52. The molecule has 2 heterocycles. The van der Waals surface area contributed by atoms with Gasteiger partial charge in [-0.1, -0.05) is 23.7 Å². The molecule has 1 fully saturated rings. The third-order valence-corrected chi connectivity index (χ3v) is 6.43. The lowest BCUT2D eigenvalue weighted by atomic mass is 9.96. The van der Waals surface area contributed by atoms with Crippen LogP contribution in [0.1, 0.15) is 31.5 Å². The Hall–Kier alpha value is -1.98. The Kier molecular flexibility index (Phi) is 5.41. The zero-order valence-corrected chi connectivity index (χ0v) is 16.8. The van der Waals surface area contributed by atoms with E-state index in [1.807, 2.05) is 54.3 Å². The van der Waals surface area contributed by atoms with E-state index in [1.54, 1.807) is 11.8 Å². The van der Waals surface area contributed by atoms with Gasteiger partial charge in [-0.2, -0.15) is 0 Å². The van der Waals surface area contributed by atoms with Crippen molar-refractivity contribution in [1.82, 2.24) is 14.9 Å². The van der Waals surface area contributed by atoms with Crippen molar-refractivity contribution < 1.29 is 4.79 Å². The van der Waals surface area contributed by atoms with Gasteiger partial charge in [0.2, 0.25) is 5.91 Å². The lowest BCUT2D eigenvalue weighted by molar-refractivity contribution is -0.131. The van der Waals surface area contributed by atoms with E-state index >= 15 is 0 Å². The Bertz CT molecular complexity index is 899. The molecule has 0 spiro atoms. The molecule has 1 aromatic heterocycles. The number of aromatic amines is 1. The molecular weight excluding hydrogens is 378 g/mol. The van der Waals surface area contributed by atoms with Crippen molar-refractivity contribution in [3.05, 3.63) is 59.4 Å². The van der Waals surface area contributed by atoms with Gasteiger partial charge in [0.15, 0.2) is 0 Å². The number of carbonyl (C=O) groups is 1. The van der Waals surface area contributed by atoms with Crippen molar-refractivity contribution in [3.8, 4) is 0 Å². The SMILES string of the molecule is CC(Sc1ccc(Cl)cc1)C(=O)N1CCC(c2nc3ccccc3[nH]2)CC1. The average molecular weight is 400 g/mol. The van der Waals surface area contributed by atoms with Crippen molar-refractivity contribution in [3.63, 3.8) is 0 Å². The number of hydrogen-bond donors (Lipinski definition) is 1. The fraction of sp³-hybridized carbons (Fsp3) is 0.333. The first-order valence-electron chi connectivity index (χ1n) is 9.26. The van der Waals surface area contributed by atoms with Gasteiger partial charge in [-0.05, 0) is 56.2 Å². The standard InChI is InChI=1S/C21H22ClN3OS/c1-14(27-17-8-6-16(22)7-9-17)21(26)25-12-10-15(11-13-25)20-23-18-4-2-3-5-19(18)24-20/h2-9,14-15H,10-13H2,1H3,(H,23,24). The first-order valence-corrected chi connectivity index (χ1v) is 10.5. The number of benzene rings is 2. The van der Waals surface area contributed by atoms with Gasteiger partial charge in [0.05, 0.1) is 16.3 Å². The predicted molar refractivity (Wildman–Crippen MR) is 111 cm³/mol. The van der Waals surface area contributed by atoms with E-state index in [2.05, 4.69) is 11.1 Å². The van der Waals surface area contributed by atoms with E-state index in [0.717, 1.165) is 47.7 Å². The van der Waals surface area contributed by atoms with Crippen LogP contribution in [0.3, 0.4) is 0 Å². The number of amides is 1. The third-order valence-electron chi connectivity index (χ3n) is 5.08. The highest BCUT2D eigenvalue weighted by atomic mass is 35.5. The zero-order valence-electron chi connectivity index (χ0n) is 15.2. The second-order valence-electron chi connectivity index (χ2n) is 6.95. The number of likely N-dealkylation sites (tertiary alicyclic amines) is 1. The number of carbonyl (C=O) groups excluding carboxylic acids is 1. The van der Waals surface area contributed by atoms with Crippen molar-refractivity contribution in [2.75, 3.05) is 13.1 Å². The summed E-state index contributed by atoms with van der Waals surface area (Å²) in [5, 5.41) is 0.611. The number of thioether (sulfide) groups is 1. The summed E-state index contributed by atoms with van der Waals surface area (Å²) in [4.78, 5) is 24.0. The number of fused-ring (bicyclic) bond motifs is 1. The number of imidazole rings is 1. The monoisotopic (exact) mass is 399 g/mol. The fourth-order valence-corrected chi connectivity index (χ4v) is 4.64. The number of nitrogens with one attached hydrogen (secondary N) is 1. The summed E-state index contributed by atoms with van der Waals surface area (Å²) in [7, 11) is 0. The van der Waals surface area contributed by atoms with Gasteiger partial charge in [0, 0.05) is 28.9 Å². The van der Waals surface area contributed by atoms with Gasteiger partial charge in [-0.3, -0.25) is 4.79 Å². The Balaban J connectivity index is 1.35. The summed E-state index contributed by atoms with van der Waals surface area (Å²) in [5.74, 6) is 1.64. The van der Waals surface area contributed by atoms with E-state index < -0.39 is 0 Å². The van der Waals surface area contributed by atoms with Crippen LogP contribution < -0.4 is 0 Å². The van der Waals surface area contributed by atoms with E-state index in [0.29, 0.717) is 10.9 Å². The Labute approximate surface area is 168 Å². The maximum atomic E-state index is 12.8. The zero-order chi connectivity index (χ0) is 18.8. The number of para-hydroxylation sites is 2. The number of aromatic nitrogens is 2. The van der Waals surface area contributed by atoms with E-state index in [9.17, 15) is 4.79 Å². The molecule has 1 aliphatic rings. The fourth-order valence-electron chi connectivity index (χ4n) is 3.56. The van der Waals surface area contributed by atoms with Gasteiger partial charge < -0.3 is 9.88 Å². The minimum Gasteiger partial charge on any atom is -0.342 e. The van der Waals surface area contributed by atoms with Gasteiger partial charge in [-0.15, -0.1) is 11.8 Å². The smallest absolute Gasteiger partial charge is 0.235 e. The quantitative estimate of drug-likeness (QED) is 0.620. The third kappa shape index (κ3) is 4.14. The normalized spacial score (nSPS) is 16.6. The topological polar surface area (TPSA) is 49.0 Å². The molecule has 1 saturated heterocycles. The van der Waals surface area contributed by atoms with E-state index in [4.69, 9.17) is 16.6 Å². The predicted octanol–water partition coefficient (Wildman–Crippen LogP) is 5.10. The molecule has 1 amide bonds. The van der Waals surface area contributed by atoms with Gasteiger partial charge >= 0.3 is 0 Å². The number of piperidine rings is 1. The van der Waals surface area contributed by atoms with Crippen LogP contribution in [-0.2, 0) is 4.79 Å². The number of hydrogen-bond acceptors (Lipinski definition) is 3. The molecule has 0 bridgehead atoms. The van der Waals surface area contributed by atoms with Crippen LogP contribution in [-0.4, -0.2) is 39.1 Å². The molecule has 2 aromatic carbocycles. The molecule has 1 aliphatic heterocycles. The number of halogens is 1. The van der Waals surface area contributed by atoms with E-state index in [-0.39, 0.29) is 11.2 Å². The minimum absolute atomic E-state index is 0.103. The van der Waals surface area contributed by atoms with Crippen LogP contribution in [0.5, 0.6) is 0 Å². The highest BCUT2D eigenvalue weighted by Crippen LogP contribution is 2.30. The number of nitrogens with zero attached hydrogens (tertiary/aromatic N) is 2. The molecule has 0 saturated carbocycles. The number of rotatable bonds is 4. The molecule has 140 valence electrons. The summed E-state index contributed by atoms with van der Waals surface area (Å²) in [6.07, 6.45) is 1.90. The van der Waals surface area contributed by atoms with Crippen LogP contribution >= 0.6 is 23.4 Å². The van der Waals surface area contributed by atoms with Crippen molar-refractivity contribution in [1.29, 1.82) is 0 Å². The average Bonchev–Trinajstić information content (AvgIpc) is 3.13. The molecule has 1 N–H and O–H groups in total. The molecule has 1 unspecified atom stereocenters. The van der Waals surface area contributed by atoms with Crippen molar-refractivity contribution in [2.24, 2.45) is 0 Å². The summed E-state index contributed by atoms with van der Waals surface area (Å²) in [6.45, 7) is 3.55. The lowest BCUT2D eigenvalue weighted by Gasteiger charge is -2.32. The van der Waals surface area contributed by atoms with Crippen LogP contribution in [0.25, 0.3) is 11.0 Å². The summed E-state index contributed by atoms with van der Waals surface area (Å²) in [5.41, 5.74) is 2.10. The molecule has 27 heavy (non-hydrogen) atoms. The molecule has 4 nitrogen and oxygen atoms in total. The second-order valence-corrected chi connectivity index (χ2v) is 8.80. The molecule has 6 heteroatoms.